The number of amides is 1. The Labute approximate surface area is 187 Å². The van der Waals surface area contributed by atoms with Crippen LogP contribution in [0.2, 0.25) is 5.02 Å². The zero-order valence-electron chi connectivity index (χ0n) is 17.8. The largest absolute Gasteiger partial charge is 0.342 e. The number of nitrogens with zero attached hydrogens (tertiary/aromatic N) is 4. The summed E-state index contributed by atoms with van der Waals surface area (Å²) in [7, 11) is -3.88. The van der Waals surface area contributed by atoms with Crippen LogP contribution in [-0.4, -0.2) is 59.8 Å². The molecule has 0 N–H and O–H groups in total. The predicted molar refractivity (Wildman–Crippen MR) is 116 cm³/mol. The number of aromatic nitrogens is 2. The second-order valence-corrected chi connectivity index (χ2v) is 10.8. The van der Waals surface area contributed by atoms with E-state index in [1.54, 1.807) is 13.0 Å². The maximum Gasteiger partial charge on any atom is 0.244 e. The van der Waals surface area contributed by atoms with Gasteiger partial charge in [0.2, 0.25) is 27.6 Å². The van der Waals surface area contributed by atoms with E-state index in [9.17, 15) is 13.2 Å². The first-order chi connectivity index (χ1) is 14.8. The normalized spacial score (nSPS) is 21.4. The van der Waals surface area contributed by atoms with Crippen molar-refractivity contribution in [3.05, 3.63) is 29.1 Å². The van der Waals surface area contributed by atoms with Gasteiger partial charge in [0.15, 0.2) is 0 Å². The number of rotatable bonds is 4. The number of benzene rings is 1. The fourth-order valence-corrected chi connectivity index (χ4v) is 6.27. The highest BCUT2D eigenvalue weighted by molar-refractivity contribution is 7.89. The Morgan fingerprint density at radius 1 is 1.19 bits per heavy atom. The van der Waals surface area contributed by atoms with E-state index in [4.69, 9.17) is 16.1 Å². The molecule has 4 rings (SSSR count). The third kappa shape index (κ3) is 4.63. The highest BCUT2D eigenvalue weighted by Crippen LogP contribution is 2.32. The van der Waals surface area contributed by atoms with Crippen molar-refractivity contribution in [2.75, 3.05) is 26.2 Å². The first-order valence-corrected chi connectivity index (χ1v) is 12.5. The van der Waals surface area contributed by atoms with Crippen molar-refractivity contribution in [2.45, 2.75) is 44.4 Å². The van der Waals surface area contributed by atoms with Crippen molar-refractivity contribution in [1.29, 1.82) is 0 Å². The van der Waals surface area contributed by atoms with E-state index in [1.165, 1.54) is 16.4 Å². The highest BCUT2D eigenvalue weighted by atomic mass is 35.5. The second-order valence-electron chi connectivity index (χ2n) is 8.49. The lowest BCUT2D eigenvalue weighted by Gasteiger charge is -2.37. The maximum absolute atomic E-state index is 13.4. The van der Waals surface area contributed by atoms with Crippen LogP contribution < -0.4 is 0 Å². The topological polar surface area (TPSA) is 96.6 Å². The molecule has 0 bridgehead atoms. The van der Waals surface area contributed by atoms with Crippen LogP contribution in [-0.2, 0) is 14.8 Å². The molecular weight excluding hydrogens is 440 g/mol. The summed E-state index contributed by atoms with van der Waals surface area (Å²) in [6.07, 6.45) is 3.34. The van der Waals surface area contributed by atoms with Gasteiger partial charge in [-0.2, -0.15) is 9.29 Å². The van der Waals surface area contributed by atoms with E-state index >= 15 is 0 Å². The Kier molecular flexibility index (Phi) is 6.37. The summed E-state index contributed by atoms with van der Waals surface area (Å²) in [5, 5.41) is 3.98. The Bertz CT molecular complexity index is 1060. The number of aryl methyl sites for hydroxylation is 1. The molecule has 0 radical (unpaired) electrons. The molecule has 1 amide bonds. The first-order valence-electron chi connectivity index (χ1n) is 10.6. The Morgan fingerprint density at radius 3 is 2.61 bits per heavy atom. The van der Waals surface area contributed by atoms with Crippen molar-refractivity contribution >= 4 is 27.5 Å². The quantitative estimate of drug-likeness (QED) is 0.685. The molecule has 8 nitrogen and oxygen atoms in total. The molecule has 2 aliphatic heterocycles. The molecule has 3 heterocycles. The summed E-state index contributed by atoms with van der Waals surface area (Å²) >= 11 is 6.28. The molecule has 10 heteroatoms. The molecule has 1 aromatic heterocycles. The van der Waals surface area contributed by atoms with E-state index in [-0.39, 0.29) is 28.3 Å². The summed E-state index contributed by atoms with van der Waals surface area (Å²) in [4.78, 5) is 19.1. The van der Waals surface area contributed by atoms with Crippen LogP contribution in [0.3, 0.4) is 0 Å². The van der Waals surface area contributed by atoms with Crippen molar-refractivity contribution in [1.82, 2.24) is 19.3 Å². The number of carbonyl (C=O) groups excluding carboxylic acids is 1. The van der Waals surface area contributed by atoms with Crippen LogP contribution in [0.4, 0.5) is 0 Å². The van der Waals surface area contributed by atoms with Crippen LogP contribution in [0.5, 0.6) is 0 Å². The first kappa shape index (κ1) is 22.2. The molecule has 1 aromatic carbocycles. The number of hydrogen-bond donors (Lipinski definition) is 0. The van der Waals surface area contributed by atoms with Crippen molar-refractivity contribution in [3.63, 3.8) is 0 Å². The van der Waals surface area contributed by atoms with Crippen LogP contribution in [0.15, 0.2) is 27.6 Å². The van der Waals surface area contributed by atoms with Gasteiger partial charge >= 0.3 is 0 Å². The van der Waals surface area contributed by atoms with E-state index in [2.05, 4.69) is 17.1 Å². The summed E-state index contributed by atoms with van der Waals surface area (Å²) in [5.74, 6) is 1.06. The third-order valence-electron chi connectivity index (χ3n) is 6.16. The lowest BCUT2D eigenvalue weighted by molar-refractivity contribution is -0.138. The van der Waals surface area contributed by atoms with Crippen LogP contribution >= 0.6 is 11.6 Å². The molecule has 0 aliphatic carbocycles. The maximum atomic E-state index is 13.4. The molecular formula is C21H27ClN4O4S. The summed E-state index contributed by atoms with van der Waals surface area (Å²) in [5.41, 5.74) is 0.506. The minimum Gasteiger partial charge on any atom is -0.342 e. The molecule has 1 atom stereocenters. The van der Waals surface area contributed by atoms with Gasteiger partial charge < -0.3 is 9.42 Å². The van der Waals surface area contributed by atoms with Crippen LogP contribution in [0.1, 0.15) is 38.5 Å². The molecule has 2 saturated heterocycles. The minimum atomic E-state index is -3.88. The summed E-state index contributed by atoms with van der Waals surface area (Å²) in [6.45, 7) is 5.91. The van der Waals surface area contributed by atoms with Crippen molar-refractivity contribution in [2.24, 2.45) is 11.8 Å². The van der Waals surface area contributed by atoms with Gasteiger partial charge in [0, 0.05) is 38.7 Å². The van der Waals surface area contributed by atoms with Gasteiger partial charge in [0.05, 0.1) is 10.9 Å². The summed E-state index contributed by atoms with van der Waals surface area (Å²) in [6, 6.07) is 4.65. The molecule has 2 aliphatic rings. The molecule has 2 fully saturated rings. The van der Waals surface area contributed by atoms with E-state index in [1.807, 2.05) is 4.90 Å². The standard InChI is InChI=1S/C21H27ClN4O4S/c1-14-7-10-25(11-8-14)21(27)17-4-3-9-26(13-17)31(28,29)19-12-16(5-6-18(19)22)20-23-15(2)30-24-20/h5-6,12,14,17H,3-4,7-11,13H2,1-2H3/t17-/m0/s1. The van der Waals surface area contributed by atoms with E-state index in [0.717, 1.165) is 25.9 Å². The number of hydrogen-bond acceptors (Lipinski definition) is 6. The smallest absolute Gasteiger partial charge is 0.244 e. The molecule has 0 unspecified atom stereocenters. The van der Waals surface area contributed by atoms with Crippen molar-refractivity contribution < 1.29 is 17.7 Å². The number of halogens is 1. The fraction of sp³-hybridized carbons (Fsp3) is 0.571. The fourth-order valence-electron chi connectivity index (χ4n) is 4.25. The predicted octanol–water partition coefficient (Wildman–Crippen LogP) is 3.36. The van der Waals surface area contributed by atoms with Gasteiger partial charge in [-0.1, -0.05) is 23.7 Å². The Balaban J connectivity index is 1.55. The molecule has 168 valence electrons. The summed E-state index contributed by atoms with van der Waals surface area (Å²) < 4.78 is 33.3. The Hall–Kier alpha value is -1.97. The molecule has 0 saturated carbocycles. The monoisotopic (exact) mass is 466 g/mol. The van der Waals surface area contributed by atoms with Crippen LogP contribution in [0, 0.1) is 18.8 Å². The zero-order chi connectivity index (χ0) is 22.2. The minimum absolute atomic E-state index is 0.00554. The molecule has 2 aromatic rings. The van der Waals surface area contributed by atoms with E-state index < -0.39 is 10.0 Å². The van der Waals surface area contributed by atoms with Gasteiger partial charge in [-0.15, -0.1) is 0 Å². The van der Waals surface area contributed by atoms with Crippen LogP contribution in [0.25, 0.3) is 11.4 Å². The second kappa shape index (κ2) is 8.88. The lowest BCUT2D eigenvalue weighted by atomic mass is 9.94. The number of sulfonamides is 1. The van der Waals surface area contributed by atoms with E-state index in [0.29, 0.717) is 42.6 Å². The average molecular weight is 467 g/mol. The third-order valence-corrected chi connectivity index (χ3v) is 8.51. The van der Waals surface area contributed by atoms with Gasteiger partial charge in [-0.25, -0.2) is 8.42 Å². The van der Waals surface area contributed by atoms with Gasteiger partial charge in [0.1, 0.15) is 4.90 Å². The number of carbonyl (C=O) groups is 1. The Morgan fingerprint density at radius 2 is 1.94 bits per heavy atom. The lowest BCUT2D eigenvalue weighted by Crippen LogP contribution is -2.48. The van der Waals surface area contributed by atoms with Gasteiger partial charge in [0.25, 0.3) is 0 Å². The zero-order valence-corrected chi connectivity index (χ0v) is 19.3. The number of likely N-dealkylation sites (tertiary alicyclic amines) is 1. The molecule has 31 heavy (non-hydrogen) atoms. The molecule has 0 spiro atoms. The SMILES string of the molecule is Cc1nc(-c2ccc(Cl)c(S(=O)(=O)N3CCC[C@H](C(=O)N4CCC(C)CC4)C3)c2)no1. The van der Waals surface area contributed by atoms with Gasteiger partial charge in [-0.05, 0) is 49.8 Å². The average Bonchev–Trinajstić information content (AvgIpc) is 3.20. The van der Waals surface area contributed by atoms with Gasteiger partial charge in [-0.3, -0.25) is 4.79 Å². The van der Waals surface area contributed by atoms with Crippen molar-refractivity contribution in [3.8, 4) is 11.4 Å². The number of piperidine rings is 2. The highest BCUT2D eigenvalue weighted by Gasteiger charge is 2.36.